The smallest absolute Gasteiger partial charge is 0.0607 e. The molecule has 1 aromatic carbocycles. The minimum Gasteiger partial charge on any atom is -0.395 e. The molecule has 2 aromatic rings. The predicted molar refractivity (Wildman–Crippen MR) is 75.1 cm³/mol. The fourth-order valence-electron chi connectivity index (χ4n) is 3.03. The first-order valence-electron chi connectivity index (χ1n) is 6.90. The van der Waals surface area contributed by atoms with Crippen LogP contribution in [0.5, 0.6) is 0 Å². The minimum atomic E-state index is -0.248. The number of benzene rings is 1. The Bertz CT molecular complexity index is 560. The highest BCUT2D eigenvalue weighted by Crippen LogP contribution is 2.34. The zero-order valence-electron chi connectivity index (χ0n) is 10.9. The molecule has 0 radical (unpaired) electrons. The van der Waals surface area contributed by atoms with Gasteiger partial charge in [-0.15, -0.1) is 0 Å². The van der Waals surface area contributed by atoms with Crippen LogP contribution in [-0.4, -0.2) is 34.5 Å². The first-order chi connectivity index (χ1) is 9.33. The van der Waals surface area contributed by atoms with Crippen LogP contribution < -0.4 is 5.32 Å². The molecule has 0 aliphatic heterocycles. The predicted octanol–water partition coefficient (Wildman–Crippen LogP) is 1.49. The highest BCUT2D eigenvalue weighted by atomic mass is 16.3. The number of para-hydroxylation sites is 1. The average molecular weight is 260 g/mol. The summed E-state index contributed by atoms with van der Waals surface area (Å²) in [7, 11) is 0. The van der Waals surface area contributed by atoms with Crippen LogP contribution in [0.1, 0.15) is 30.1 Å². The molecule has 4 N–H and O–H groups in total. The molecule has 1 heterocycles. The van der Waals surface area contributed by atoms with Gasteiger partial charge in [-0.25, -0.2) is 0 Å². The lowest BCUT2D eigenvalue weighted by molar-refractivity contribution is 0.158. The molecule has 0 spiro atoms. The second-order valence-corrected chi connectivity index (χ2v) is 5.24. The van der Waals surface area contributed by atoms with Crippen molar-refractivity contribution in [2.24, 2.45) is 0 Å². The number of hydrogen-bond donors (Lipinski definition) is 4. The number of aromatic amines is 1. The normalized spacial score (nSPS) is 19.0. The minimum absolute atomic E-state index is 0.0391. The second kappa shape index (κ2) is 5.33. The fourth-order valence-corrected chi connectivity index (χ4v) is 3.03. The molecule has 0 bridgehead atoms. The maximum absolute atomic E-state index is 9.21. The number of fused-ring (bicyclic) bond motifs is 3. The summed E-state index contributed by atoms with van der Waals surface area (Å²) in [6.45, 7) is -0.0783. The molecule has 4 heteroatoms. The van der Waals surface area contributed by atoms with Crippen LogP contribution in [-0.2, 0) is 6.42 Å². The van der Waals surface area contributed by atoms with Gasteiger partial charge in [0, 0.05) is 22.6 Å². The maximum atomic E-state index is 9.21. The molecule has 1 unspecified atom stereocenters. The fraction of sp³-hybridized carbons (Fsp3) is 0.467. The summed E-state index contributed by atoms with van der Waals surface area (Å²) in [5.41, 5.74) is 3.78. The first-order valence-corrected chi connectivity index (χ1v) is 6.90. The van der Waals surface area contributed by atoms with Crippen molar-refractivity contribution in [3.8, 4) is 0 Å². The van der Waals surface area contributed by atoms with Crippen LogP contribution >= 0.6 is 0 Å². The van der Waals surface area contributed by atoms with Crippen LogP contribution in [0.4, 0.5) is 0 Å². The number of nitrogens with one attached hydrogen (secondary N) is 2. The SMILES string of the molecule is OCC(CO)NC1CCCc2c1[nH]c1ccccc21. The van der Waals surface area contributed by atoms with E-state index < -0.39 is 0 Å². The van der Waals surface area contributed by atoms with Crippen molar-refractivity contribution < 1.29 is 10.2 Å². The Morgan fingerprint density at radius 3 is 2.84 bits per heavy atom. The van der Waals surface area contributed by atoms with E-state index in [-0.39, 0.29) is 25.3 Å². The number of aromatic nitrogens is 1. The third-order valence-corrected chi connectivity index (χ3v) is 3.99. The molecule has 0 saturated carbocycles. The number of aliphatic hydroxyl groups is 2. The summed E-state index contributed by atoms with van der Waals surface area (Å²) < 4.78 is 0. The van der Waals surface area contributed by atoms with Crippen LogP contribution in [0.3, 0.4) is 0 Å². The molecular formula is C15H20N2O2. The molecule has 1 aliphatic carbocycles. The third kappa shape index (κ3) is 2.27. The molecule has 1 aliphatic rings. The van der Waals surface area contributed by atoms with E-state index in [1.807, 2.05) is 6.07 Å². The van der Waals surface area contributed by atoms with Gasteiger partial charge in [0.1, 0.15) is 0 Å². The first kappa shape index (κ1) is 12.7. The summed E-state index contributed by atoms with van der Waals surface area (Å²) in [5, 5.41) is 23.1. The van der Waals surface area contributed by atoms with Crippen molar-refractivity contribution in [3.05, 3.63) is 35.5 Å². The van der Waals surface area contributed by atoms with Gasteiger partial charge in [-0.05, 0) is 30.9 Å². The van der Waals surface area contributed by atoms with Gasteiger partial charge >= 0.3 is 0 Å². The lowest BCUT2D eigenvalue weighted by Gasteiger charge is -2.27. The average Bonchev–Trinajstić information content (AvgIpc) is 2.84. The molecule has 19 heavy (non-hydrogen) atoms. The van der Waals surface area contributed by atoms with E-state index in [0.29, 0.717) is 0 Å². The van der Waals surface area contributed by atoms with Crippen LogP contribution in [0.25, 0.3) is 10.9 Å². The summed E-state index contributed by atoms with van der Waals surface area (Å²) >= 11 is 0. The number of hydrogen-bond acceptors (Lipinski definition) is 3. The summed E-state index contributed by atoms with van der Waals surface area (Å²) in [6.07, 6.45) is 3.27. The van der Waals surface area contributed by atoms with E-state index >= 15 is 0 Å². The lowest BCUT2D eigenvalue weighted by atomic mass is 9.91. The second-order valence-electron chi connectivity index (χ2n) is 5.24. The van der Waals surface area contributed by atoms with Crippen molar-refractivity contribution in [2.75, 3.05) is 13.2 Å². The quantitative estimate of drug-likeness (QED) is 0.673. The van der Waals surface area contributed by atoms with E-state index in [0.717, 1.165) is 19.3 Å². The van der Waals surface area contributed by atoms with Gasteiger partial charge in [0.2, 0.25) is 0 Å². The molecule has 3 rings (SSSR count). The Labute approximate surface area is 112 Å². The molecule has 1 atom stereocenters. The van der Waals surface area contributed by atoms with Crippen molar-refractivity contribution in [3.63, 3.8) is 0 Å². The molecular weight excluding hydrogens is 240 g/mol. The Hall–Kier alpha value is -1.36. The van der Waals surface area contributed by atoms with Gasteiger partial charge in [0.15, 0.2) is 0 Å². The third-order valence-electron chi connectivity index (χ3n) is 3.99. The standard InChI is InChI=1S/C15H20N2O2/c18-8-10(9-19)16-14-7-3-5-12-11-4-1-2-6-13(11)17-15(12)14/h1-2,4,6,10,14,16-19H,3,5,7-9H2. The van der Waals surface area contributed by atoms with E-state index in [1.165, 1.54) is 22.2 Å². The molecule has 102 valence electrons. The van der Waals surface area contributed by atoms with Gasteiger partial charge in [0.05, 0.1) is 19.3 Å². The van der Waals surface area contributed by atoms with E-state index in [4.69, 9.17) is 0 Å². The molecule has 0 saturated heterocycles. The Kier molecular flexibility index (Phi) is 3.55. The van der Waals surface area contributed by atoms with Gasteiger partial charge in [-0.2, -0.15) is 0 Å². The summed E-state index contributed by atoms with van der Waals surface area (Å²) in [5.74, 6) is 0. The largest absolute Gasteiger partial charge is 0.395 e. The number of aryl methyl sites for hydroxylation is 1. The van der Waals surface area contributed by atoms with Crippen molar-refractivity contribution in [1.29, 1.82) is 0 Å². The number of aliphatic hydroxyl groups excluding tert-OH is 2. The Morgan fingerprint density at radius 2 is 2.05 bits per heavy atom. The van der Waals surface area contributed by atoms with E-state index in [2.05, 4.69) is 28.5 Å². The van der Waals surface area contributed by atoms with E-state index in [1.54, 1.807) is 0 Å². The van der Waals surface area contributed by atoms with Gasteiger partial charge in [-0.1, -0.05) is 18.2 Å². The molecule has 1 aromatic heterocycles. The molecule has 4 nitrogen and oxygen atoms in total. The topological polar surface area (TPSA) is 68.3 Å². The van der Waals surface area contributed by atoms with Crippen molar-refractivity contribution >= 4 is 10.9 Å². The van der Waals surface area contributed by atoms with Crippen molar-refractivity contribution in [2.45, 2.75) is 31.3 Å². The Balaban J connectivity index is 1.95. The van der Waals surface area contributed by atoms with Gasteiger partial charge in [-0.3, -0.25) is 0 Å². The summed E-state index contributed by atoms with van der Waals surface area (Å²) in [4.78, 5) is 3.49. The number of H-pyrrole nitrogens is 1. The van der Waals surface area contributed by atoms with Gasteiger partial charge in [0.25, 0.3) is 0 Å². The van der Waals surface area contributed by atoms with Crippen LogP contribution in [0, 0.1) is 0 Å². The van der Waals surface area contributed by atoms with E-state index in [9.17, 15) is 10.2 Å². The monoisotopic (exact) mass is 260 g/mol. The highest BCUT2D eigenvalue weighted by molar-refractivity contribution is 5.85. The number of rotatable bonds is 4. The lowest BCUT2D eigenvalue weighted by Crippen LogP contribution is -2.39. The van der Waals surface area contributed by atoms with Crippen LogP contribution in [0.2, 0.25) is 0 Å². The maximum Gasteiger partial charge on any atom is 0.0607 e. The zero-order chi connectivity index (χ0) is 13.2. The zero-order valence-corrected chi connectivity index (χ0v) is 10.9. The Morgan fingerprint density at radius 1 is 1.26 bits per heavy atom. The molecule has 0 amide bonds. The summed E-state index contributed by atoms with van der Waals surface area (Å²) in [6, 6.07) is 8.31. The van der Waals surface area contributed by atoms with Gasteiger partial charge < -0.3 is 20.5 Å². The highest BCUT2D eigenvalue weighted by Gasteiger charge is 2.25. The van der Waals surface area contributed by atoms with Crippen molar-refractivity contribution in [1.82, 2.24) is 10.3 Å². The van der Waals surface area contributed by atoms with Crippen LogP contribution in [0.15, 0.2) is 24.3 Å². The molecule has 0 fully saturated rings.